The van der Waals surface area contributed by atoms with Crippen LogP contribution in [0.1, 0.15) is 25.8 Å². The lowest BCUT2D eigenvalue weighted by molar-refractivity contribution is -0.148. The highest BCUT2D eigenvalue weighted by molar-refractivity contribution is 5.90. The van der Waals surface area contributed by atoms with Crippen molar-refractivity contribution in [3.8, 4) is 17.2 Å². The summed E-state index contributed by atoms with van der Waals surface area (Å²) in [5.74, 6) is -0.448. The first-order valence-corrected chi connectivity index (χ1v) is 9.59. The van der Waals surface area contributed by atoms with Gasteiger partial charge >= 0.3 is 11.9 Å². The molecule has 1 aromatic carbocycles. The van der Waals surface area contributed by atoms with Crippen LogP contribution in [0.15, 0.2) is 18.2 Å². The molecule has 1 N–H and O–H groups in total. The number of fused-ring (bicyclic) bond motifs is 1. The van der Waals surface area contributed by atoms with Crippen molar-refractivity contribution in [1.82, 2.24) is 5.32 Å². The van der Waals surface area contributed by atoms with E-state index in [4.69, 9.17) is 23.7 Å². The number of hydrogen-bond acceptors (Lipinski definition) is 8. The number of amides is 1. The van der Waals surface area contributed by atoms with Gasteiger partial charge in [0.05, 0.1) is 14.2 Å². The zero-order chi connectivity index (χ0) is 22.1. The molecule has 30 heavy (non-hydrogen) atoms. The highest BCUT2D eigenvalue weighted by Gasteiger charge is 2.26. The Kier molecular flexibility index (Phi) is 8.52. The van der Waals surface area contributed by atoms with Crippen molar-refractivity contribution in [1.29, 1.82) is 0 Å². The molecule has 2 atom stereocenters. The first-order chi connectivity index (χ1) is 14.4. The Morgan fingerprint density at radius 1 is 1.20 bits per heavy atom. The predicted octanol–water partition coefficient (Wildman–Crippen LogP) is 1.73. The fraction of sp³-hybridized carbons (Fsp3) is 0.476. The van der Waals surface area contributed by atoms with Gasteiger partial charge in [-0.25, -0.2) is 9.59 Å². The van der Waals surface area contributed by atoms with Crippen molar-refractivity contribution < 1.29 is 38.1 Å². The maximum atomic E-state index is 12.0. The molecule has 0 aromatic heterocycles. The molecule has 0 saturated carbocycles. The summed E-state index contributed by atoms with van der Waals surface area (Å²) < 4.78 is 26.0. The van der Waals surface area contributed by atoms with Gasteiger partial charge in [0, 0.05) is 6.08 Å². The van der Waals surface area contributed by atoms with Gasteiger partial charge in [-0.3, -0.25) is 4.79 Å². The number of carbonyl (C=O) groups excluding carboxylic acids is 3. The second-order valence-electron chi connectivity index (χ2n) is 6.64. The zero-order valence-corrected chi connectivity index (χ0v) is 17.6. The Morgan fingerprint density at radius 3 is 2.60 bits per heavy atom. The molecule has 1 aliphatic heterocycles. The highest BCUT2D eigenvalue weighted by atomic mass is 16.6. The molecule has 1 heterocycles. The molecule has 0 radical (unpaired) electrons. The van der Waals surface area contributed by atoms with Crippen LogP contribution in [0.5, 0.6) is 17.2 Å². The van der Waals surface area contributed by atoms with Gasteiger partial charge in [0.2, 0.25) is 5.75 Å². The summed E-state index contributed by atoms with van der Waals surface area (Å²) in [6.07, 6.45) is 3.36. The molecular weight excluding hydrogens is 394 g/mol. The second-order valence-corrected chi connectivity index (χ2v) is 6.64. The summed E-state index contributed by atoms with van der Waals surface area (Å²) in [5, 5.41) is 2.54. The van der Waals surface area contributed by atoms with Crippen LogP contribution in [0.3, 0.4) is 0 Å². The molecule has 2 rings (SSSR count). The van der Waals surface area contributed by atoms with E-state index in [1.807, 2.05) is 13.8 Å². The number of ether oxygens (including phenoxy) is 5. The Labute approximate surface area is 175 Å². The summed E-state index contributed by atoms with van der Waals surface area (Å²) in [6, 6.07) is 2.60. The molecule has 0 spiro atoms. The summed E-state index contributed by atoms with van der Waals surface area (Å²) in [4.78, 5) is 35.8. The largest absolute Gasteiger partial charge is 0.493 e. The van der Waals surface area contributed by atoms with Gasteiger partial charge in [0.15, 0.2) is 18.1 Å². The van der Waals surface area contributed by atoms with Gasteiger partial charge in [0.25, 0.3) is 5.91 Å². The quantitative estimate of drug-likeness (QED) is 0.474. The average molecular weight is 421 g/mol. The van der Waals surface area contributed by atoms with Gasteiger partial charge < -0.3 is 29.0 Å². The third-order valence-electron chi connectivity index (χ3n) is 4.59. The Morgan fingerprint density at radius 2 is 1.93 bits per heavy atom. The monoisotopic (exact) mass is 421 g/mol. The Bertz CT molecular complexity index is 787. The molecule has 0 unspecified atom stereocenters. The zero-order valence-electron chi connectivity index (χ0n) is 17.6. The van der Waals surface area contributed by atoms with E-state index in [1.54, 1.807) is 12.1 Å². The molecule has 9 nitrogen and oxygen atoms in total. The number of benzene rings is 1. The number of esters is 2. The van der Waals surface area contributed by atoms with Crippen LogP contribution < -0.4 is 19.5 Å². The SMILES string of the molecule is CC[C@@H](C)[C@@H](NC(=O)COC(=O)/C=C/c1cc(OC)c2c(c1)OCCO2)C(=O)OC. The number of rotatable bonds is 9. The van der Waals surface area contributed by atoms with E-state index in [2.05, 4.69) is 5.32 Å². The minimum atomic E-state index is -0.799. The Hall–Kier alpha value is -3.23. The van der Waals surface area contributed by atoms with Crippen LogP contribution in [-0.2, 0) is 23.9 Å². The van der Waals surface area contributed by atoms with E-state index < -0.39 is 30.5 Å². The van der Waals surface area contributed by atoms with E-state index in [0.717, 1.165) is 0 Å². The van der Waals surface area contributed by atoms with Crippen molar-refractivity contribution in [2.24, 2.45) is 5.92 Å². The highest BCUT2D eigenvalue weighted by Crippen LogP contribution is 2.40. The van der Waals surface area contributed by atoms with Gasteiger partial charge in [-0.15, -0.1) is 0 Å². The summed E-state index contributed by atoms with van der Waals surface area (Å²) >= 11 is 0. The standard InChI is InChI=1S/C21H27NO8/c1-5-13(2)19(21(25)27-4)22-17(23)12-30-18(24)7-6-14-10-15(26-3)20-16(11-14)28-8-9-29-20/h6-7,10-11,13,19H,5,8-9,12H2,1-4H3,(H,22,23)/b7-6+/t13-,19-/m1/s1. The number of hydrogen-bond donors (Lipinski definition) is 1. The summed E-state index contributed by atoms with van der Waals surface area (Å²) in [5.41, 5.74) is 0.639. The van der Waals surface area contributed by atoms with E-state index in [0.29, 0.717) is 42.4 Å². The van der Waals surface area contributed by atoms with Crippen LogP contribution in [0.2, 0.25) is 0 Å². The van der Waals surface area contributed by atoms with Gasteiger partial charge in [-0.1, -0.05) is 20.3 Å². The van der Waals surface area contributed by atoms with Crippen molar-refractivity contribution in [2.45, 2.75) is 26.3 Å². The summed E-state index contributed by atoms with van der Waals surface area (Å²) in [6.45, 7) is 4.05. The second kappa shape index (κ2) is 11.1. The van der Waals surface area contributed by atoms with Crippen LogP contribution >= 0.6 is 0 Å². The molecule has 0 saturated heterocycles. The molecule has 1 aliphatic rings. The van der Waals surface area contributed by atoms with Crippen molar-refractivity contribution in [3.63, 3.8) is 0 Å². The maximum Gasteiger partial charge on any atom is 0.331 e. The van der Waals surface area contributed by atoms with Gasteiger partial charge in [0.1, 0.15) is 19.3 Å². The third-order valence-corrected chi connectivity index (χ3v) is 4.59. The molecule has 0 bridgehead atoms. The fourth-order valence-electron chi connectivity index (χ4n) is 2.75. The minimum Gasteiger partial charge on any atom is -0.493 e. The van der Waals surface area contributed by atoms with Crippen LogP contribution in [-0.4, -0.2) is 57.9 Å². The summed E-state index contributed by atoms with van der Waals surface area (Å²) in [7, 11) is 2.76. The van der Waals surface area contributed by atoms with Crippen molar-refractivity contribution >= 4 is 23.9 Å². The van der Waals surface area contributed by atoms with Crippen LogP contribution in [0.25, 0.3) is 6.08 Å². The molecular formula is C21H27NO8. The number of methoxy groups -OCH3 is 2. The molecule has 0 aliphatic carbocycles. The minimum absolute atomic E-state index is 0.123. The van der Waals surface area contributed by atoms with Crippen molar-refractivity contribution in [2.75, 3.05) is 34.0 Å². The van der Waals surface area contributed by atoms with Crippen LogP contribution in [0, 0.1) is 5.92 Å². The van der Waals surface area contributed by atoms with Gasteiger partial charge in [-0.2, -0.15) is 0 Å². The van der Waals surface area contributed by atoms with Crippen LogP contribution in [0.4, 0.5) is 0 Å². The first-order valence-electron chi connectivity index (χ1n) is 9.59. The van der Waals surface area contributed by atoms with E-state index in [1.165, 1.54) is 26.4 Å². The van der Waals surface area contributed by atoms with E-state index in [9.17, 15) is 14.4 Å². The molecule has 1 aromatic rings. The number of nitrogens with one attached hydrogen (secondary N) is 1. The van der Waals surface area contributed by atoms with Gasteiger partial charge in [-0.05, 0) is 29.7 Å². The first kappa shape index (κ1) is 23.1. The smallest absolute Gasteiger partial charge is 0.331 e. The third kappa shape index (κ3) is 6.13. The lowest BCUT2D eigenvalue weighted by Gasteiger charge is -2.21. The topological polar surface area (TPSA) is 109 Å². The normalized spacial score (nSPS) is 14.5. The average Bonchev–Trinajstić information content (AvgIpc) is 2.78. The van der Waals surface area contributed by atoms with E-state index >= 15 is 0 Å². The molecule has 164 valence electrons. The molecule has 0 fully saturated rings. The molecule has 1 amide bonds. The maximum absolute atomic E-state index is 12.0. The lowest BCUT2D eigenvalue weighted by atomic mass is 9.99. The lowest BCUT2D eigenvalue weighted by Crippen LogP contribution is -2.47. The predicted molar refractivity (Wildman–Crippen MR) is 107 cm³/mol. The Balaban J connectivity index is 1.93. The van der Waals surface area contributed by atoms with E-state index in [-0.39, 0.29) is 5.92 Å². The number of carbonyl (C=O) groups is 3. The molecule has 9 heteroatoms. The van der Waals surface area contributed by atoms with Crippen molar-refractivity contribution in [3.05, 3.63) is 23.8 Å². The fourth-order valence-corrected chi connectivity index (χ4v) is 2.75.